The van der Waals surface area contributed by atoms with Crippen LogP contribution in [0.4, 0.5) is 11.4 Å². The minimum absolute atomic E-state index is 0.185. The highest BCUT2D eigenvalue weighted by Gasteiger charge is 2.35. The molecule has 0 amide bonds. The Morgan fingerprint density at radius 1 is 0.862 bits per heavy atom. The molecule has 4 heteroatoms. The number of para-hydroxylation sites is 2. The van der Waals surface area contributed by atoms with E-state index in [0.29, 0.717) is 6.42 Å². The number of allylic oxidation sites excluding steroid dienone is 1. The average molecular weight is 381 g/mol. The van der Waals surface area contributed by atoms with Gasteiger partial charge in [0.25, 0.3) is 0 Å². The summed E-state index contributed by atoms with van der Waals surface area (Å²) >= 11 is 0. The molecule has 2 aliphatic rings. The molecule has 5 rings (SSSR count). The molecule has 1 aliphatic carbocycles. The summed E-state index contributed by atoms with van der Waals surface area (Å²) in [5, 5.41) is 7.18. The van der Waals surface area contributed by atoms with Gasteiger partial charge in [-0.15, -0.1) is 0 Å². The van der Waals surface area contributed by atoms with Crippen LogP contribution in [0.25, 0.3) is 0 Å². The molecule has 1 aliphatic heterocycles. The number of rotatable bonds is 2. The highest BCUT2D eigenvalue weighted by atomic mass is 16.1. The summed E-state index contributed by atoms with van der Waals surface area (Å²) in [6.07, 6.45) is 4.92. The summed E-state index contributed by atoms with van der Waals surface area (Å²) in [7, 11) is 0. The van der Waals surface area contributed by atoms with Crippen molar-refractivity contribution in [2.45, 2.75) is 31.7 Å². The number of hydrogen-bond donors (Lipinski definition) is 2. The number of benzene rings is 2. The second-order valence-corrected chi connectivity index (χ2v) is 7.86. The van der Waals surface area contributed by atoms with Gasteiger partial charge in [-0.2, -0.15) is 0 Å². The lowest BCUT2D eigenvalue weighted by atomic mass is 9.78. The van der Waals surface area contributed by atoms with E-state index in [4.69, 9.17) is 0 Å². The third-order valence-corrected chi connectivity index (χ3v) is 5.90. The number of nitrogens with one attached hydrogen (secondary N) is 2. The van der Waals surface area contributed by atoms with E-state index in [0.717, 1.165) is 34.6 Å². The topological polar surface area (TPSA) is 54.0 Å². The smallest absolute Gasteiger partial charge is 0.163 e. The van der Waals surface area contributed by atoms with Gasteiger partial charge in [-0.1, -0.05) is 42.0 Å². The molecule has 144 valence electrons. The van der Waals surface area contributed by atoms with E-state index in [1.165, 1.54) is 11.1 Å². The summed E-state index contributed by atoms with van der Waals surface area (Å²) in [4.78, 5) is 17.6. The van der Waals surface area contributed by atoms with Crippen LogP contribution in [0.1, 0.15) is 41.5 Å². The zero-order valence-electron chi connectivity index (χ0n) is 16.4. The predicted molar refractivity (Wildman–Crippen MR) is 116 cm³/mol. The van der Waals surface area contributed by atoms with Gasteiger partial charge < -0.3 is 10.6 Å². The Bertz CT molecular complexity index is 1090. The number of aryl methyl sites for hydroxylation is 1. The molecule has 0 fully saturated rings. The zero-order valence-corrected chi connectivity index (χ0v) is 16.4. The lowest BCUT2D eigenvalue weighted by Gasteiger charge is -2.30. The van der Waals surface area contributed by atoms with Gasteiger partial charge in [-0.05, 0) is 54.7 Å². The van der Waals surface area contributed by atoms with Gasteiger partial charge in [0.2, 0.25) is 0 Å². The molecule has 0 saturated carbocycles. The lowest BCUT2D eigenvalue weighted by Crippen LogP contribution is -2.26. The van der Waals surface area contributed by atoms with Crippen LogP contribution in [-0.4, -0.2) is 10.8 Å². The number of Topliss-reactive ketones (excluding diaryl/α,β-unsaturated/α-hetero) is 1. The molecule has 0 radical (unpaired) electrons. The van der Waals surface area contributed by atoms with E-state index >= 15 is 0 Å². The standard InChI is InChI=1S/C25H23N3O/c1-16-6-8-17(9-7-16)19-14-22-24(23(29)15-19)25(18-10-12-26-13-11-18)28-21-5-3-2-4-20(21)27-22/h2-13,19,25,27-28H,14-15H2,1H3/t19-,25+/m1/s1. The molecule has 0 spiro atoms. The van der Waals surface area contributed by atoms with Crippen molar-refractivity contribution in [3.63, 3.8) is 0 Å². The number of ketones is 1. The van der Waals surface area contributed by atoms with Gasteiger partial charge in [-0.25, -0.2) is 0 Å². The van der Waals surface area contributed by atoms with Gasteiger partial charge >= 0.3 is 0 Å². The number of fused-ring (bicyclic) bond motifs is 1. The first-order valence-corrected chi connectivity index (χ1v) is 10.0. The molecule has 0 bridgehead atoms. The highest BCUT2D eigenvalue weighted by molar-refractivity contribution is 6.01. The van der Waals surface area contributed by atoms with Crippen LogP contribution in [0, 0.1) is 6.92 Å². The summed E-state index contributed by atoms with van der Waals surface area (Å²) in [6.45, 7) is 2.09. The van der Waals surface area contributed by atoms with Crippen LogP contribution in [0.15, 0.2) is 84.3 Å². The van der Waals surface area contributed by atoms with Crippen LogP contribution in [0.2, 0.25) is 0 Å². The van der Waals surface area contributed by atoms with Crippen molar-refractivity contribution in [1.29, 1.82) is 0 Å². The fourth-order valence-corrected chi connectivity index (χ4v) is 4.37. The fourth-order valence-electron chi connectivity index (χ4n) is 4.37. The molecular formula is C25H23N3O. The molecule has 4 nitrogen and oxygen atoms in total. The third-order valence-electron chi connectivity index (χ3n) is 5.90. The molecule has 0 unspecified atom stereocenters. The van der Waals surface area contributed by atoms with E-state index in [1.807, 2.05) is 24.3 Å². The Kier molecular flexibility index (Phi) is 4.39. The maximum atomic E-state index is 13.4. The molecule has 2 heterocycles. The normalized spacial score (nSPS) is 20.8. The second kappa shape index (κ2) is 7.21. The number of aromatic nitrogens is 1. The maximum absolute atomic E-state index is 13.4. The summed E-state index contributed by atoms with van der Waals surface area (Å²) in [5.74, 6) is 0.393. The molecule has 1 aromatic heterocycles. The maximum Gasteiger partial charge on any atom is 0.163 e. The zero-order chi connectivity index (χ0) is 19.8. The molecule has 3 aromatic rings. The third kappa shape index (κ3) is 3.31. The minimum Gasteiger partial charge on any atom is -0.372 e. The van der Waals surface area contributed by atoms with E-state index in [9.17, 15) is 4.79 Å². The Labute approximate surface area is 170 Å². The summed E-state index contributed by atoms with van der Waals surface area (Å²) in [5.41, 5.74) is 7.38. The number of nitrogens with zero attached hydrogens (tertiary/aromatic N) is 1. The Hall–Kier alpha value is -3.40. The van der Waals surface area contributed by atoms with Crippen molar-refractivity contribution in [1.82, 2.24) is 4.98 Å². The van der Waals surface area contributed by atoms with Crippen molar-refractivity contribution in [2.24, 2.45) is 0 Å². The molecular weight excluding hydrogens is 358 g/mol. The number of hydrogen-bond acceptors (Lipinski definition) is 4. The highest BCUT2D eigenvalue weighted by Crippen LogP contribution is 2.44. The molecule has 2 aromatic carbocycles. The minimum atomic E-state index is -0.185. The van der Waals surface area contributed by atoms with Crippen LogP contribution < -0.4 is 10.6 Å². The van der Waals surface area contributed by atoms with E-state index in [2.05, 4.69) is 58.9 Å². The fraction of sp³-hybridized carbons (Fsp3) is 0.200. The van der Waals surface area contributed by atoms with E-state index < -0.39 is 0 Å². The quantitative estimate of drug-likeness (QED) is 0.627. The first-order valence-electron chi connectivity index (χ1n) is 10.0. The summed E-state index contributed by atoms with van der Waals surface area (Å²) < 4.78 is 0. The van der Waals surface area contributed by atoms with Crippen LogP contribution in [-0.2, 0) is 4.79 Å². The Morgan fingerprint density at radius 2 is 1.59 bits per heavy atom. The van der Waals surface area contributed by atoms with Crippen molar-refractivity contribution >= 4 is 17.2 Å². The lowest BCUT2D eigenvalue weighted by molar-refractivity contribution is -0.116. The van der Waals surface area contributed by atoms with Gasteiger partial charge in [0.15, 0.2) is 5.78 Å². The van der Waals surface area contributed by atoms with Gasteiger partial charge in [0, 0.05) is 30.1 Å². The molecule has 2 atom stereocenters. The average Bonchev–Trinajstić information content (AvgIpc) is 2.92. The number of carbonyl (C=O) groups is 1. The van der Waals surface area contributed by atoms with Crippen molar-refractivity contribution in [3.05, 3.63) is 101 Å². The molecule has 2 N–H and O–H groups in total. The van der Waals surface area contributed by atoms with Crippen molar-refractivity contribution < 1.29 is 4.79 Å². The summed E-state index contributed by atoms with van der Waals surface area (Å²) in [6, 6.07) is 20.5. The van der Waals surface area contributed by atoms with Crippen LogP contribution >= 0.6 is 0 Å². The first kappa shape index (κ1) is 17.7. The predicted octanol–water partition coefficient (Wildman–Crippen LogP) is 5.37. The first-order chi connectivity index (χ1) is 14.2. The number of carbonyl (C=O) groups excluding carboxylic acids is 1. The number of anilines is 2. The Morgan fingerprint density at radius 3 is 2.34 bits per heavy atom. The van der Waals surface area contributed by atoms with Crippen molar-refractivity contribution in [3.8, 4) is 0 Å². The second-order valence-electron chi connectivity index (χ2n) is 7.86. The van der Waals surface area contributed by atoms with Crippen molar-refractivity contribution in [2.75, 3.05) is 10.6 Å². The van der Waals surface area contributed by atoms with Gasteiger partial charge in [0.05, 0.1) is 17.4 Å². The molecule has 0 saturated heterocycles. The monoisotopic (exact) mass is 381 g/mol. The Balaban J connectivity index is 1.60. The number of pyridine rings is 1. The van der Waals surface area contributed by atoms with E-state index in [-0.39, 0.29) is 17.7 Å². The van der Waals surface area contributed by atoms with Crippen LogP contribution in [0.5, 0.6) is 0 Å². The largest absolute Gasteiger partial charge is 0.372 e. The molecule has 29 heavy (non-hydrogen) atoms. The van der Waals surface area contributed by atoms with Crippen LogP contribution in [0.3, 0.4) is 0 Å². The van der Waals surface area contributed by atoms with E-state index in [1.54, 1.807) is 12.4 Å². The van der Waals surface area contributed by atoms with Gasteiger partial charge in [-0.3, -0.25) is 9.78 Å². The van der Waals surface area contributed by atoms with Gasteiger partial charge in [0.1, 0.15) is 0 Å². The SMILES string of the molecule is Cc1ccc([C@H]2CC(=O)C3=C(C2)Nc2ccccc2N[C@H]3c2ccncc2)cc1.